The Morgan fingerprint density at radius 1 is 0.838 bits per heavy atom. The SMILES string of the molecule is COc1cc(Cc2ccc(O)cc2-c2ccc(OCCN3CCCC3)cc2)ccc1CN1CCOCC1. The average molecular weight is 503 g/mol. The summed E-state index contributed by atoms with van der Waals surface area (Å²) >= 11 is 0. The Balaban J connectivity index is 1.28. The van der Waals surface area contributed by atoms with Crippen LogP contribution in [-0.2, 0) is 17.7 Å². The lowest BCUT2D eigenvalue weighted by molar-refractivity contribution is 0.0339. The van der Waals surface area contributed by atoms with Crippen molar-refractivity contribution in [2.45, 2.75) is 25.8 Å². The van der Waals surface area contributed by atoms with Gasteiger partial charge >= 0.3 is 0 Å². The Morgan fingerprint density at radius 2 is 1.59 bits per heavy atom. The van der Waals surface area contributed by atoms with E-state index in [1.807, 2.05) is 24.3 Å². The normalized spacial score (nSPS) is 16.7. The first-order valence-corrected chi connectivity index (χ1v) is 13.4. The minimum atomic E-state index is 0.267. The number of likely N-dealkylation sites (tertiary alicyclic amines) is 1. The first-order valence-electron chi connectivity index (χ1n) is 13.4. The molecule has 0 bridgehead atoms. The molecule has 0 atom stereocenters. The van der Waals surface area contributed by atoms with Crippen LogP contribution >= 0.6 is 0 Å². The number of rotatable bonds is 10. The summed E-state index contributed by atoms with van der Waals surface area (Å²) in [5.41, 5.74) is 5.62. The molecule has 2 aliphatic heterocycles. The minimum absolute atomic E-state index is 0.267. The molecule has 0 unspecified atom stereocenters. The van der Waals surface area contributed by atoms with E-state index in [0.717, 1.165) is 74.0 Å². The number of aromatic hydroxyl groups is 1. The zero-order valence-electron chi connectivity index (χ0n) is 21.8. The quantitative estimate of drug-likeness (QED) is 0.423. The zero-order valence-corrected chi connectivity index (χ0v) is 21.8. The Hall–Kier alpha value is -3.06. The summed E-state index contributed by atoms with van der Waals surface area (Å²) in [7, 11) is 1.74. The lowest BCUT2D eigenvalue weighted by atomic mass is 9.94. The number of phenolic OH excluding ortho intramolecular Hbond substituents is 1. The van der Waals surface area contributed by atoms with Gasteiger partial charge in [0.1, 0.15) is 23.9 Å². The standard InChI is InChI=1S/C31H38N2O4/c1-35-31-21-24(4-5-27(31)23-33-14-17-36-18-15-33)20-26-6-9-28(34)22-30(26)25-7-10-29(11-8-25)37-19-16-32-12-2-3-13-32/h4-11,21-22,34H,2-3,12-20,23H2,1H3. The van der Waals surface area contributed by atoms with E-state index in [0.29, 0.717) is 6.61 Å². The van der Waals surface area contributed by atoms with E-state index in [1.165, 1.54) is 37.1 Å². The predicted molar refractivity (Wildman–Crippen MR) is 147 cm³/mol. The molecule has 0 saturated carbocycles. The number of phenols is 1. The number of hydrogen-bond acceptors (Lipinski definition) is 6. The summed E-state index contributed by atoms with van der Waals surface area (Å²) in [5.74, 6) is 2.06. The Labute approximate surface area is 220 Å². The first-order chi connectivity index (χ1) is 18.2. The second-order valence-corrected chi connectivity index (χ2v) is 9.97. The number of hydrogen-bond donors (Lipinski definition) is 1. The van der Waals surface area contributed by atoms with Gasteiger partial charge in [0.05, 0.1) is 20.3 Å². The molecule has 5 rings (SSSR count). The number of methoxy groups -OCH3 is 1. The number of nitrogens with zero attached hydrogens (tertiary/aromatic N) is 2. The van der Waals surface area contributed by atoms with E-state index in [9.17, 15) is 5.11 Å². The summed E-state index contributed by atoms with van der Waals surface area (Å²) in [4.78, 5) is 4.86. The largest absolute Gasteiger partial charge is 0.508 e. The average Bonchev–Trinajstić information content (AvgIpc) is 3.45. The Morgan fingerprint density at radius 3 is 2.35 bits per heavy atom. The van der Waals surface area contributed by atoms with Crippen LogP contribution in [0.5, 0.6) is 17.2 Å². The molecule has 37 heavy (non-hydrogen) atoms. The van der Waals surface area contributed by atoms with Gasteiger partial charge in [0.25, 0.3) is 0 Å². The summed E-state index contributed by atoms with van der Waals surface area (Å²) in [6.07, 6.45) is 3.34. The fourth-order valence-electron chi connectivity index (χ4n) is 5.27. The van der Waals surface area contributed by atoms with Crippen molar-refractivity contribution in [3.63, 3.8) is 0 Å². The molecular formula is C31H38N2O4. The smallest absolute Gasteiger partial charge is 0.123 e. The van der Waals surface area contributed by atoms with Crippen molar-refractivity contribution in [3.8, 4) is 28.4 Å². The van der Waals surface area contributed by atoms with E-state index in [1.54, 1.807) is 13.2 Å². The summed E-state index contributed by atoms with van der Waals surface area (Å²) in [6, 6.07) is 20.3. The van der Waals surface area contributed by atoms with Crippen molar-refractivity contribution in [2.24, 2.45) is 0 Å². The van der Waals surface area contributed by atoms with Gasteiger partial charge in [0, 0.05) is 31.7 Å². The van der Waals surface area contributed by atoms with E-state index in [4.69, 9.17) is 14.2 Å². The monoisotopic (exact) mass is 502 g/mol. The third kappa shape index (κ3) is 6.83. The molecule has 196 valence electrons. The van der Waals surface area contributed by atoms with Gasteiger partial charge in [-0.15, -0.1) is 0 Å². The first kappa shape index (κ1) is 25.6. The molecule has 1 N–H and O–H groups in total. The van der Waals surface area contributed by atoms with Gasteiger partial charge in [0.15, 0.2) is 0 Å². The zero-order chi connectivity index (χ0) is 25.5. The van der Waals surface area contributed by atoms with Gasteiger partial charge in [0.2, 0.25) is 0 Å². The van der Waals surface area contributed by atoms with Crippen molar-refractivity contribution in [2.75, 3.05) is 59.7 Å². The van der Waals surface area contributed by atoms with E-state index in [2.05, 4.69) is 40.1 Å². The van der Waals surface area contributed by atoms with Crippen LogP contribution < -0.4 is 9.47 Å². The van der Waals surface area contributed by atoms with Gasteiger partial charge in [-0.25, -0.2) is 0 Å². The maximum atomic E-state index is 10.3. The molecule has 2 fully saturated rings. The highest BCUT2D eigenvalue weighted by atomic mass is 16.5. The van der Waals surface area contributed by atoms with Crippen molar-refractivity contribution in [3.05, 3.63) is 77.4 Å². The van der Waals surface area contributed by atoms with Crippen LogP contribution in [0.4, 0.5) is 0 Å². The molecule has 6 heteroatoms. The fourth-order valence-corrected chi connectivity index (χ4v) is 5.27. The molecule has 2 heterocycles. The number of benzene rings is 3. The number of morpholine rings is 1. The van der Waals surface area contributed by atoms with Crippen molar-refractivity contribution < 1.29 is 19.3 Å². The van der Waals surface area contributed by atoms with Crippen LogP contribution in [0, 0.1) is 0 Å². The van der Waals surface area contributed by atoms with Gasteiger partial charge in [-0.2, -0.15) is 0 Å². The van der Waals surface area contributed by atoms with Crippen molar-refractivity contribution in [1.82, 2.24) is 9.80 Å². The van der Waals surface area contributed by atoms with E-state index >= 15 is 0 Å². The van der Waals surface area contributed by atoms with Gasteiger partial charge < -0.3 is 19.3 Å². The molecule has 0 aliphatic carbocycles. The van der Waals surface area contributed by atoms with Crippen molar-refractivity contribution >= 4 is 0 Å². The van der Waals surface area contributed by atoms with Crippen LogP contribution in [0.15, 0.2) is 60.7 Å². The highest BCUT2D eigenvalue weighted by Crippen LogP contribution is 2.32. The van der Waals surface area contributed by atoms with E-state index in [-0.39, 0.29) is 5.75 Å². The van der Waals surface area contributed by atoms with Gasteiger partial charge in [-0.3, -0.25) is 9.80 Å². The maximum absolute atomic E-state index is 10.3. The van der Waals surface area contributed by atoms with Gasteiger partial charge in [-0.05, 0) is 84.9 Å². The Bertz CT molecular complexity index is 1150. The van der Waals surface area contributed by atoms with Crippen LogP contribution in [0.3, 0.4) is 0 Å². The fraction of sp³-hybridized carbons (Fsp3) is 0.419. The molecule has 0 aromatic heterocycles. The molecule has 0 spiro atoms. The molecule has 6 nitrogen and oxygen atoms in total. The van der Waals surface area contributed by atoms with Crippen LogP contribution in [0.2, 0.25) is 0 Å². The highest BCUT2D eigenvalue weighted by molar-refractivity contribution is 5.70. The lowest BCUT2D eigenvalue weighted by Gasteiger charge is -2.27. The number of ether oxygens (including phenoxy) is 3. The maximum Gasteiger partial charge on any atom is 0.123 e. The minimum Gasteiger partial charge on any atom is -0.508 e. The van der Waals surface area contributed by atoms with Gasteiger partial charge in [-0.1, -0.05) is 30.3 Å². The third-order valence-electron chi connectivity index (χ3n) is 7.38. The van der Waals surface area contributed by atoms with Crippen LogP contribution in [0.1, 0.15) is 29.5 Å². The molecule has 3 aromatic carbocycles. The predicted octanol–water partition coefficient (Wildman–Crippen LogP) is 4.97. The summed E-state index contributed by atoms with van der Waals surface area (Å²) in [6.45, 7) is 8.40. The second-order valence-electron chi connectivity index (χ2n) is 9.97. The van der Waals surface area contributed by atoms with Crippen LogP contribution in [0.25, 0.3) is 11.1 Å². The third-order valence-corrected chi connectivity index (χ3v) is 7.38. The molecule has 0 amide bonds. The summed E-state index contributed by atoms with van der Waals surface area (Å²) in [5, 5.41) is 10.3. The molecule has 2 saturated heterocycles. The summed E-state index contributed by atoms with van der Waals surface area (Å²) < 4.78 is 17.2. The second kappa shape index (κ2) is 12.5. The Kier molecular flexibility index (Phi) is 8.61. The van der Waals surface area contributed by atoms with Crippen molar-refractivity contribution in [1.29, 1.82) is 0 Å². The molecule has 0 radical (unpaired) electrons. The van der Waals surface area contributed by atoms with Crippen LogP contribution in [-0.4, -0.2) is 74.6 Å². The molecule has 3 aromatic rings. The highest BCUT2D eigenvalue weighted by Gasteiger charge is 2.15. The molecule has 2 aliphatic rings. The molecular weight excluding hydrogens is 464 g/mol. The lowest BCUT2D eigenvalue weighted by Crippen LogP contribution is -2.35. The van der Waals surface area contributed by atoms with E-state index < -0.39 is 0 Å². The topological polar surface area (TPSA) is 54.4 Å².